The van der Waals surface area contributed by atoms with Crippen LogP contribution >= 0.6 is 0 Å². The van der Waals surface area contributed by atoms with Gasteiger partial charge in [-0.2, -0.15) is 0 Å². The van der Waals surface area contributed by atoms with Gasteiger partial charge in [-0.15, -0.1) is 0 Å². The van der Waals surface area contributed by atoms with Gasteiger partial charge < -0.3 is 15.8 Å². The van der Waals surface area contributed by atoms with Crippen molar-refractivity contribution in [3.8, 4) is 0 Å². The molecule has 116 valence electrons. The summed E-state index contributed by atoms with van der Waals surface area (Å²) in [6.07, 6.45) is 0.844. The molecule has 0 saturated carbocycles. The lowest BCUT2D eigenvalue weighted by Gasteiger charge is -2.13. The lowest BCUT2D eigenvalue weighted by molar-refractivity contribution is -0.126. The van der Waals surface area contributed by atoms with Crippen LogP contribution in [0.2, 0.25) is 0 Å². The van der Waals surface area contributed by atoms with Gasteiger partial charge in [0.25, 0.3) is 5.91 Å². The second-order valence-electron chi connectivity index (χ2n) is 4.78. The Morgan fingerprint density at radius 3 is 2.52 bits per heavy atom. The molecule has 0 radical (unpaired) electrons. The Balaban J connectivity index is 1.99. The van der Waals surface area contributed by atoms with Crippen LogP contribution in [0.3, 0.4) is 0 Å². The minimum atomic E-state index is -3.47. The van der Waals surface area contributed by atoms with Gasteiger partial charge in [-0.25, -0.2) is 13.1 Å². The summed E-state index contributed by atoms with van der Waals surface area (Å²) in [5.41, 5.74) is 6.02. The number of hydrogen-bond donors (Lipinski definition) is 3. The van der Waals surface area contributed by atoms with E-state index in [2.05, 4.69) is 10.0 Å². The van der Waals surface area contributed by atoms with Crippen molar-refractivity contribution in [3.63, 3.8) is 0 Å². The lowest BCUT2D eigenvalue weighted by Crippen LogP contribution is -2.29. The molecule has 1 fully saturated rings. The van der Waals surface area contributed by atoms with E-state index in [0.717, 1.165) is 6.42 Å². The Labute approximate surface area is 123 Å². The third-order valence-corrected chi connectivity index (χ3v) is 4.79. The van der Waals surface area contributed by atoms with E-state index in [9.17, 15) is 13.2 Å². The molecule has 1 aromatic rings. The predicted molar refractivity (Wildman–Crippen MR) is 78.3 cm³/mol. The fraction of sp³-hybridized carbons (Fsp3) is 0.462. The Morgan fingerprint density at radius 1 is 1.33 bits per heavy atom. The van der Waals surface area contributed by atoms with Gasteiger partial charge in [-0.3, -0.25) is 4.79 Å². The maximum Gasteiger partial charge on any atom is 0.253 e. The van der Waals surface area contributed by atoms with Crippen LogP contribution in [0.15, 0.2) is 29.2 Å². The largest absolute Gasteiger partial charge is 0.364 e. The van der Waals surface area contributed by atoms with Crippen LogP contribution in [0.25, 0.3) is 0 Å². The van der Waals surface area contributed by atoms with Crippen molar-refractivity contribution in [3.05, 3.63) is 24.3 Å². The zero-order valence-electron chi connectivity index (χ0n) is 11.7. The Kier molecular flexibility index (Phi) is 4.94. The van der Waals surface area contributed by atoms with Crippen molar-refractivity contribution in [2.75, 3.05) is 18.9 Å². The molecule has 1 aromatic carbocycles. The number of anilines is 1. The van der Waals surface area contributed by atoms with Crippen LogP contribution in [-0.4, -0.2) is 40.1 Å². The maximum atomic E-state index is 12.0. The van der Waals surface area contributed by atoms with Gasteiger partial charge >= 0.3 is 0 Å². The summed E-state index contributed by atoms with van der Waals surface area (Å²) in [4.78, 5) is 12.1. The topological polar surface area (TPSA) is 111 Å². The number of carbonyl (C=O) groups is 1. The van der Waals surface area contributed by atoms with E-state index >= 15 is 0 Å². The van der Waals surface area contributed by atoms with Crippen LogP contribution in [0.5, 0.6) is 0 Å². The molecule has 2 unspecified atom stereocenters. The molecular weight excluding hydrogens is 294 g/mol. The molecule has 2 rings (SSSR count). The molecule has 4 N–H and O–H groups in total. The molecule has 1 aliphatic heterocycles. The first-order valence-corrected chi connectivity index (χ1v) is 8.14. The zero-order chi connectivity index (χ0) is 15.5. The molecule has 2 atom stereocenters. The summed E-state index contributed by atoms with van der Waals surface area (Å²) in [7, 11) is -2.13. The third-order valence-electron chi connectivity index (χ3n) is 3.36. The summed E-state index contributed by atoms with van der Waals surface area (Å²) >= 11 is 0. The van der Waals surface area contributed by atoms with Crippen molar-refractivity contribution in [1.82, 2.24) is 4.72 Å². The fourth-order valence-electron chi connectivity index (χ4n) is 2.13. The average molecular weight is 313 g/mol. The normalized spacial score (nSPS) is 22.2. The highest BCUT2D eigenvalue weighted by Crippen LogP contribution is 2.21. The summed E-state index contributed by atoms with van der Waals surface area (Å²) < 4.78 is 30.9. The standard InChI is InChI=1S/C13H19N3O4S/c1-15-21(18,19)11-5-2-9(3-6-11)16-13(17)12-7-4-10(8-14)20-12/h2-3,5-6,10,12,15H,4,7-8,14H2,1H3,(H,16,17). The number of benzene rings is 1. The summed E-state index contributed by atoms with van der Waals surface area (Å²) in [6.45, 7) is 0.403. The fourth-order valence-corrected chi connectivity index (χ4v) is 2.86. The number of carbonyl (C=O) groups excluding carboxylic acids is 1. The summed E-state index contributed by atoms with van der Waals surface area (Å²) in [5, 5.41) is 2.71. The number of nitrogens with one attached hydrogen (secondary N) is 2. The molecule has 1 heterocycles. The van der Waals surface area contributed by atoms with E-state index in [1.54, 1.807) is 0 Å². The van der Waals surface area contributed by atoms with E-state index in [1.165, 1.54) is 31.3 Å². The highest BCUT2D eigenvalue weighted by molar-refractivity contribution is 7.89. The van der Waals surface area contributed by atoms with Crippen molar-refractivity contribution < 1.29 is 17.9 Å². The first-order chi connectivity index (χ1) is 9.96. The van der Waals surface area contributed by atoms with E-state index in [-0.39, 0.29) is 16.9 Å². The molecule has 1 aliphatic rings. The van der Waals surface area contributed by atoms with E-state index in [1.807, 2.05) is 0 Å². The Bertz CT molecular complexity index is 600. The molecule has 0 aliphatic carbocycles. The van der Waals surface area contributed by atoms with Gasteiger partial charge in [0, 0.05) is 12.2 Å². The van der Waals surface area contributed by atoms with Crippen molar-refractivity contribution in [2.24, 2.45) is 5.73 Å². The number of ether oxygens (including phenoxy) is 1. The first kappa shape index (κ1) is 15.9. The van der Waals surface area contributed by atoms with Gasteiger partial charge in [-0.05, 0) is 44.2 Å². The van der Waals surface area contributed by atoms with Crippen molar-refractivity contribution >= 4 is 21.6 Å². The average Bonchev–Trinajstić information content (AvgIpc) is 2.97. The van der Waals surface area contributed by atoms with Gasteiger partial charge in [0.1, 0.15) is 6.10 Å². The molecule has 0 bridgehead atoms. The molecule has 8 heteroatoms. The predicted octanol–water partition coefficient (Wildman–Crippen LogP) is 0.0395. The third kappa shape index (κ3) is 3.79. The van der Waals surface area contributed by atoms with Crippen LogP contribution in [0.4, 0.5) is 5.69 Å². The van der Waals surface area contributed by atoms with Gasteiger partial charge in [0.2, 0.25) is 10.0 Å². The second-order valence-corrected chi connectivity index (χ2v) is 6.67. The molecule has 7 nitrogen and oxygen atoms in total. The maximum absolute atomic E-state index is 12.0. The SMILES string of the molecule is CNS(=O)(=O)c1ccc(NC(=O)C2CCC(CN)O2)cc1. The molecule has 21 heavy (non-hydrogen) atoms. The van der Waals surface area contributed by atoms with Gasteiger partial charge in [-0.1, -0.05) is 0 Å². The number of rotatable bonds is 5. The highest BCUT2D eigenvalue weighted by atomic mass is 32.2. The Morgan fingerprint density at radius 2 is 2.00 bits per heavy atom. The summed E-state index contributed by atoms with van der Waals surface area (Å²) in [5.74, 6) is -0.241. The molecular formula is C13H19N3O4S. The van der Waals surface area contributed by atoms with Crippen molar-refractivity contribution in [1.29, 1.82) is 0 Å². The van der Waals surface area contributed by atoms with Gasteiger partial charge in [0.05, 0.1) is 11.0 Å². The van der Waals surface area contributed by atoms with E-state index < -0.39 is 16.1 Å². The van der Waals surface area contributed by atoms with Crippen LogP contribution in [0.1, 0.15) is 12.8 Å². The molecule has 0 spiro atoms. The second kappa shape index (κ2) is 6.52. The highest BCUT2D eigenvalue weighted by Gasteiger charge is 2.29. The number of sulfonamides is 1. The summed E-state index contributed by atoms with van der Waals surface area (Å²) in [6, 6.07) is 5.94. The Hall–Kier alpha value is -1.48. The van der Waals surface area contributed by atoms with Crippen molar-refractivity contribution in [2.45, 2.75) is 29.9 Å². The quantitative estimate of drug-likeness (QED) is 0.711. The molecule has 1 saturated heterocycles. The molecule has 1 amide bonds. The minimum Gasteiger partial charge on any atom is -0.364 e. The van der Waals surface area contributed by atoms with Crippen LogP contribution in [-0.2, 0) is 19.6 Å². The monoisotopic (exact) mass is 313 g/mol. The lowest BCUT2D eigenvalue weighted by atomic mass is 10.2. The first-order valence-electron chi connectivity index (χ1n) is 6.66. The van der Waals surface area contributed by atoms with Crippen LogP contribution in [0, 0.1) is 0 Å². The zero-order valence-corrected chi connectivity index (χ0v) is 12.5. The van der Waals surface area contributed by atoms with Gasteiger partial charge in [0.15, 0.2) is 0 Å². The smallest absolute Gasteiger partial charge is 0.253 e. The van der Waals surface area contributed by atoms with E-state index in [4.69, 9.17) is 10.5 Å². The minimum absolute atomic E-state index is 0.0658. The number of hydrogen-bond acceptors (Lipinski definition) is 5. The number of nitrogens with two attached hydrogens (primary N) is 1. The number of amides is 1. The van der Waals surface area contributed by atoms with E-state index in [0.29, 0.717) is 18.7 Å². The van der Waals surface area contributed by atoms with Crippen LogP contribution < -0.4 is 15.8 Å². The molecule has 0 aromatic heterocycles.